The molecule has 2 aromatic carbocycles. The number of nitrogens with one attached hydrogen (secondary N) is 2. The molecule has 1 aliphatic heterocycles. The van der Waals surface area contributed by atoms with E-state index in [2.05, 4.69) is 10.6 Å². The van der Waals surface area contributed by atoms with Crippen molar-refractivity contribution in [2.24, 2.45) is 0 Å². The normalized spacial score (nSPS) is 15.6. The van der Waals surface area contributed by atoms with E-state index in [0.717, 1.165) is 11.3 Å². The van der Waals surface area contributed by atoms with Crippen LogP contribution in [0.5, 0.6) is 11.5 Å². The molecule has 1 unspecified atom stereocenters. The second-order valence-electron chi connectivity index (χ2n) is 5.87. The van der Waals surface area contributed by atoms with Crippen molar-refractivity contribution in [2.45, 2.75) is 26.4 Å². The maximum Gasteiger partial charge on any atom is 0.265 e. The Hall–Kier alpha value is -3.02. The molecule has 2 aromatic rings. The molecule has 6 heteroatoms. The Bertz CT molecular complexity index is 804. The van der Waals surface area contributed by atoms with Gasteiger partial charge >= 0.3 is 0 Å². The van der Waals surface area contributed by atoms with Crippen LogP contribution >= 0.6 is 0 Å². The summed E-state index contributed by atoms with van der Waals surface area (Å²) < 4.78 is 11.1. The second-order valence-corrected chi connectivity index (χ2v) is 5.87. The van der Waals surface area contributed by atoms with Gasteiger partial charge in [-0.25, -0.2) is 0 Å². The molecular formula is C19H20N2O4. The van der Waals surface area contributed by atoms with Crippen molar-refractivity contribution in [1.82, 2.24) is 0 Å². The Labute approximate surface area is 146 Å². The second kappa shape index (κ2) is 7.25. The molecule has 130 valence electrons. The van der Waals surface area contributed by atoms with Crippen LogP contribution in [0.3, 0.4) is 0 Å². The minimum Gasteiger partial charge on any atom is -0.493 e. The van der Waals surface area contributed by atoms with Gasteiger partial charge < -0.3 is 20.1 Å². The van der Waals surface area contributed by atoms with Gasteiger partial charge in [-0.05, 0) is 43.7 Å². The summed E-state index contributed by atoms with van der Waals surface area (Å²) in [5, 5.41) is 5.55. The Morgan fingerprint density at radius 2 is 2.08 bits per heavy atom. The van der Waals surface area contributed by atoms with E-state index in [9.17, 15) is 9.59 Å². The monoisotopic (exact) mass is 340 g/mol. The van der Waals surface area contributed by atoms with Crippen LogP contribution in [0.1, 0.15) is 18.9 Å². The van der Waals surface area contributed by atoms with Gasteiger partial charge in [0.2, 0.25) is 5.91 Å². The van der Waals surface area contributed by atoms with Gasteiger partial charge in [-0.15, -0.1) is 0 Å². The smallest absolute Gasteiger partial charge is 0.265 e. The van der Waals surface area contributed by atoms with Gasteiger partial charge in [0.1, 0.15) is 11.5 Å². The zero-order valence-corrected chi connectivity index (χ0v) is 14.2. The number of aryl methyl sites for hydroxylation is 1. The molecule has 2 N–H and O–H groups in total. The van der Waals surface area contributed by atoms with Gasteiger partial charge in [-0.1, -0.05) is 18.2 Å². The SMILES string of the molecule is Cc1ccccc1OCCC(=O)Nc1ccc2c(c1)NC(=O)C(C)O2. The maximum absolute atomic E-state index is 12.1. The zero-order valence-electron chi connectivity index (χ0n) is 14.2. The van der Waals surface area contributed by atoms with Gasteiger partial charge in [0.15, 0.2) is 6.10 Å². The van der Waals surface area contributed by atoms with Gasteiger partial charge in [-0.3, -0.25) is 9.59 Å². The third kappa shape index (κ3) is 4.09. The molecule has 1 atom stereocenters. The molecule has 0 fully saturated rings. The predicted octanol–water partition coefficient (Wildman–Crippen LogP) is 3.12. The fourth-order valence-electron chi connectivity index (χ4n) is 2.48. The molecule has 1 aliphatic rings. The van der Waals surface area contributed by atoms with Crippen LogP contribution < -0.4 is 20.1 Å². The summed E-state index contributed by atoms with van der Waals surface area (Å²) in [5.74, 6) is 0.999. The number of hydrogen-bond acceptors (Lipinski definition) is 4. The number of benzene rings is 2. The van der Waals surface area contributed by atoms with E-state index in [1.54, 1.807) is 25.1 Å². The average molecular weight is 340 g/mol. The van der Waals surface area contributed by atoms with E-state index in [1.807, 2.05) is 31.2 Å². The van der Waals surface area contributed by atoms with E-state index in [-0.39, 0.29) is 18.2 Å². The van der Waals surface area contributed by atoms with Crippen molar-refractivity contribution < 1.29 is 19.1 Å². The molecule has 0 spiro atoms. The van der Waals surface area contributed by atoms with Crippen LogP contribution in [0.4, 0.5) is 11.4 Å². The quantitative estimate of drug-likeness (QED) is 0.877. The first-order valence-electron chi connectivity index (χ1n) is 8.13. The molecule has 0 radical (unpaired) electrons. The molecule has 0 saturated carbocycles. The summed E-state index contributed by atoms with van der Waals surface area (Å²) in [6, 6.07) is 12.8. The number of hydrogen-bond donors (Lipinski definition) is 2. The highest BCUT2D eigenvalue weighted by Gasteiger charge is 2.23. The van der Waals surface area contributed by atoms with Gasteiger partial charge in [0.05, 0.1) is 18.7 Å². The molecule has 25 heavy (non-hydrogen) atoms. The molecule has 0 saturated heterocycles. The largest absolute Gasteiger partial charge is 0.493 e. The van der Waals surface area contributed by atoms with E-state index in [1.165, 1.54) is 0 Å². The van der Waals surface area contributed by atoms with Crippen molar-refractivity contribution in [1.29, 1.82) is 0 Å². The Morgan fingerprint density at radius 1 is 1.28 bits per heavy atom. The molecule has 0 aliphatic carbocycles. The number of carbonyl (C=O) groups excluding carboxylic acids is 2. The van der Waals surface area contributed by atoms with Crippen LogP contribution in [0.2, 0.25) is 0 Å². The number of ether oxygens (including phenoxy) is 2. The van der Waals surface area contributed by atoms with Crippen LogP contribution in [0.15, 0.2) is 42.5 Å². The summed E-state index contributed by atoms with van der Waals surface area (Å²) in [6.07, 6.45) is -0.294. The molecule has 1 heterocycles. The van der Waals surface area contributed by atoms with Crippen LogP contribution in [-0.4, -0.2) is 24.5 Å². The van der Waals surface area contributed by atoms with Crippen LogP contribution in [0, 0.1) is 6.92 Å². The molecule has 0 aromatic heterocycles. The lowest BCUT2D eigenvalue weighted by molar-refractivity contribution is -0.122. The summed E-state index contributed by atoms with van der Waals surface area (Å²) in [4.78, 5) is 23.7. The summed E-state index contributed by atoms with van der Waals surface area (Å²) in [5.41, 5.74) is 2.18. The molecule has 2 amide bonds. The first-order chi connectivity index (χ1) is 12.0. The van der Waals surface area contributed by atoms with E-state index in [0.29, 0.717) is 23.7 Å². The van der Waals surface area contributed by atoms with E-state index in [4.69, 9.17) is 9.47 Å². The highest BCUT2D eigenvalue weighted by molar-refractivity contribution is 5.99. The van der Waals surface area contributed by atoms with Gasteiger partial charge in [0, 0.05) is 5.69 Å². The standard InChI is InChI=1S/C19H20N2O4/c1-12-5-3-4-6-16(12)24-10-9-18(22)20-14-7-8-17-15(11-14)21-19(23)13(2)25-17/h3-8,11,13H,9-10H2,1-2H3,(H,20,22)(H,21,23). The van der Waals surface area contributed by atoms with Crippen molar-refractivity contribution >= 4 is 23.2 Å². The fraction of sp³-hybridized carbons (Fsp3) is 0.263. The molecular weight excluding hydrogens is 320 g/mol. The minimum absolute atomic E-state index is 0.162. The first-order valence-corrected chi connectivity index (χ1v) is 8.13. The summed E-state index contributed by atoms with van der Waals surface area (Å²) >= 11 is 0. The van der Waals surface area contributed by atoms with Gasteiger partial charge in [-0.2, -0.15) is 0 Å². The Kier molecular flexibility index (Phi) is 4.88. The van der Waals surface area contributed by atoms with Crippen LogP contribution in [0.25, 0.3) is 0 Å². The molecule has 3 rings (SSSR count). The third-order valence-corrected chi connectivity index (χ3v) is 3.87. The van der Waals surface area contributed by atoms with Crippen LogP contribution in [-0.2, 0) is 9.59 Å². The number of rotatable bonds is 5. The number of amides is 2. The third-order valence-electron chi connectivity index (χ3n) is 3.87. The Morgan fingerprint density at radius 3 is 2.88 bits per heavy atom. The first kappa shape index (κ1) is 16.8. The number of anilines is 2. The zero-order chi connectivity index (χ0) is 17.8. The predicted molar refractivity (Wildman–Crippen MR) is 95.1 cm³/mol. The number of carbonyl (C=O) groups is 2. The van der Waals surface area contributed by atoms with Gasteiger partial charge in [0.25, 0.3) is 5.91 Å². The molecule has 6 nitrogen and oxygen atoms in total. The highest BCUT2D eigenvalue weighted by atomic mass is 16.5. The van der Waals surface area contributed by atoms with Crippen molar-refractivity contribution in [2.75, 3.05) is 17.2 Å². The lowest BCUT2D eigenvalue weighted by Crippen LogP contribution is -2.34. The average Bonchev–Trinajstić information content (AvgIpc) is 2.58. The molecule has 0 bridgehead atoms. The van der Waals surface area contributed by atoms with E-state index < -0.39 is 6.10 Å². The highest BCUT2D eigenvalue weighted by Crippen LogP contribution is 2.32. The number of fused-ring (bicyclic) bond motifs is 1. The maximum atomic E-state index is 12.1. The van der Waals surface area contributed by atoms with E-state index >= 15 is 0 Å². The fourth-order valence-corrected chi connectivity index (χ4v) is 2.48. The lowest BCUT2D eigenvalue weighted by atomic mass is 10.2. The summed E-state index contributed by atoms with van der Waals surface area (Å²) in [7, 11) is 0. The Balaban J connectivity index is 1.54. The summed E-state index contributed by atoms with van der Waals surface area (Å²) in [6.45, 7) is 3.93. The van der Waals surface area contributed by atoms with Crippen molar-refractivity contribution in [3.63, 3.8) is 0 Å². The van der Waals surface area contributed by atoms with Crippen molar-refractivity contribution in [3.05, 3.63) is 48.0 Å². The lowest BCUT2D eigenvalue weighted by Gasteiger charge is -2.23. The minimum atomic E-state index is -0.522. The topological polar surface area (TPSA) is 76.7 Å². The number of para-hydroxylation sites is 1. The van der Waals surface area contributed by atoms with Crippen molar-refractivity contribution in [3.8, 4) is 11.5 Å².